The largest absolute Gasteiger partial charge is 0.491 e. The van der Waals surface area contributed by atoms with Crippen molar-refractivity contribution in [3.63, 3.8) is 0 Å². The maximum atomic E-state index is 12.1. The molecule has 0 aliphatic carbocycles. The summed E-state index contributed by atoms with van der Waals surface area (Å²) in [6.45, 7) is 4.11. The van der Waals surface area contributed by atoms with Crippen molar-refractivity contribution >= 4 is 56.5 Å². The number of nitrogens with zero attached hydrogens (tertiary/aromatic N) is 1. The molecule has 4 nitrogen and oxygen atoms in total. The van der Waals surface area contributed by atoms with Crippen LogP contribution in [0.3, 0.4) is 0 Å². The molecule has 1 heterocycles. The van der Waals surface area contributed by atoms with E-state index >= 15 is 0 Å². The summed E-state index contributed by atoms with van der Waals surface area (Å²) in [4.78, 5) is 16.5. The van der Waals surface area contributed by atoms with Crippen LogP contribution in [-0.2, 0) is 9.53 Å². The Kier molecular flexibility index (Phi) is 6.13. The number of hydrogen-bond donors (Lipinski definition) is 0. The van der Waals surface area contributed by atoms with Crippen molar-refractivity contribution in [2.45, 2.75) is 26.4 Å². The van der Waals surface area contributed by atoms with Gasteiger partial charge in [-0.2, -0.15) is 0 Å². The summed E-state index contributed by atoms with van der Waals surface area (Å²) in [7, 11) is 0. The molecule has 0 fully saturated rings. The van der Waals surface area contributed by atoms with Gasteiger partial charge in [0.2, 0.25) is 5.90 Å². The number of ether oxygens (including phenoxy) is 2. The summed E-state index contributed by atoms with van der Waals surface area (Å²) < 4.78 is 13.1. The Hall–Kier alpha value is -1.67. The van der Waals surface area contributed by atoms with Gasteiger partial charge in [0, 0.05) is 13.6 Å². The number of cyclic esters (lactones) is 1. The second-order valence-electron chi connectivity index (χ2n) is 5.87. The second kappa shape index (κ2) is 8.35. The molecule has 0 N–H and O–H groups in total. The minimum Gasteiger partial charge on any atom is -0.491 e. The molecule has 0 spiro atoms. The Labute approximate surface area is 174 Å². The zero-order valence-electron chi connectivity index (χ0n) is 14.3. The Morgan fingerprint density at radius 1 is 1.27 bits per heavy atom. The van der Waals surface area contributed by atoms with Crippen LogP contribution in [0.25, 0.3) is 6.08 Å². The zero-order valence-corrected chi connectivity index (χ0v) is 18.1. The van der Waals surface area contributed by atoms with Crippen LogP contribution >= 0.6 is 38.5 Å². The maximum Gasteiger partial charge on any atom is 0.363 e. The van der Waals surface area contributed by atoms with E-state index in [4.69, 9.17) is 9.47 Å². The first-order valence-electron chi connectivity index (χ1n) is 8.21. The number of carbonyl (C=O) groups is 1. The number of benzene rings is 2. The lowest BCUT2D eigenvalue weighted by Crippen LogP contribution is -2.09. The van der Waals surface area contributed by atoms with E-state index in [2.05, 4.69) is 50.4 Å². The molecule has 134 valence electrons. The van der Waals surface area contributed by atoms with Crippen LogP contribution in [0.4, 0.5) is 0 Å². The molecule has 0 saturated carbocycles. The molecule has 0 bridgehead atoms. The van der Waals surface area contributed by atoms with Gasteiger partial charge in [0.05, 0.1) is 6.10 Å². The van der Waals surface area contributed by atoms with Crippen molar-refractivity contribution in [1.82, 2.24) is 0 Å². The number of esters is 1. The van der Waals surface area contributed by atoms with Gasteiger partial charge in [-0.25, -0.2) is 9.79 Å². The lowest BCUT2D eigenvalue weighted by molar-refractivity contribution is -0.129. The Bertz CT molecular complexity index is 890. The molecule has 1 atom stereocenters. The van der Waals surface area contributed by atoms with Gasteiger partial charge in [0.1, 0.15) is 5.75 Å². The minimum atomic E-state index is -0.449. The summed E-state index contributed by atoms with van der Waals surface area (Å²) in [5.41, 5.74) is 1.90. The van der Waals surface area contributed by atoms with Crippen molar-refractivity contribution < 1.29 is 14.3 Å². The highest BCUT2D eigenvalue weighted by Gasteiger charge is 2.24. The van der Waals surface area contributed by atoms with Crippen LogP contribution < -0.4 is 4.74 Å². The Balaban J connectivity index is 1.80. The second-order valence-corrected chi connectivity index (χ2v) is 7.89. The first-order valence-corrected chi connectivity index (χ1v) is 10.1. The van der Waals surface area contributed by atoms with E-state index in [9.17, 15) is 4.79 Å². The Morgan fingerprint density at radius 3 is 2.65 bits per heavy atom. The van der Waals surface area contributed by atoms with Crippen molar-refractivity contribution in [3.05, 3.63) is 67.3 Å². The molecule has 2 aromatic carbocycles. The van der Waals surface area contributed by atoms with Gasteiger partial charge in [0.15, 0.2) is 5.70 Å². The molecule has 2 aromatic rings. The molecule has 0 aromatic heterocycles. The number of carbonyl (C=O) groups excluding carboxylic acids is 1. The van der Waals surface area contributed by atoms with Gasteiger partial charge < -0.3 is 9.47 Å². The molecule has 0 saturated heterocycles. The third-order valence-corrected chi connectivity index (χ3v) is 6.22. The summed E-state index contributed by atoms with van der Waals surface area (Å²) in [6.07, 6.45) is 2.83. The number of hydrogen-bond acceptors (Lipinski definition) is 4. The normalized spacial score (nSPS) is 16.4. The fourth-order valence-corrected chi connectivity index (χ4v) is 2.99. The molecule has 1 aliphatic rings. The Morgan fingerprint density at radius 2 is 2.00 bits per heavy atom. The monoisotopic (exact) mass is 525 g/mol. The van der Waals surface area contributed by atoms with Crippen LogP contribution in [0.15, 0.2) is 57.6 Å². The first-order chi connectivity index (χ1) is 12.5. The lowest BCUT2D eigenvalue weighted by atomic mass is 10.2. The number of halogens is 2. The number of aliphatic imine (C=N–C) groups is 1. The lowest BCUT2D eigenvalue weighted by Gasteiger charge is -2.12. The topological polar surface area (TPSA) is 47.9 Å². The van der Waals surface area contributed by atoms with Crippen molar-refractivity contribution in [1.29, 1.82) is 0 Å². The summed E-state index contributed by atoms with van der Waals surface area (Å²) >= 11 is 5.70. The van der Waals surface area contributed by atoms with E-state index < -0.39 is 5.97 Å². The van der Waals surface area contributed by atoms with E-state index in [0.717, 1.165) is 31.3 Å². The summed E-state index contributed by atoms with van der Waals surface area (Å²) in [6, 6.07) is 13.3. The van der Waals surface area contributed by atoms with Gasteiger partial charge in [-0.1, -0.05) is 19.1 Å². The minimum absolute atomic E-state index is 0.171. The molecular formula is C20H17BrINO3. The van der Waals surface area contributed by atoms with Crippen molar-refractivity contribution in [3.8, 4) is 5.75 Å². The highest BCUT2D eigenvalue weighted by atomic mass is 127. The zero-order chi connectivity index (χ0) is 18.7. The van der Waals surface area contributed by atoms with E-state index in [1.165, 1.54) is 0 Å². The fraction of sp³-hybridized carbons (Fsp3) is 0.200. The average molecular weight is 526 g/mol. The van der Waals surface area contributed by atoms with Crippen LogP contribution in [-0.4, -0.2) is 18.0 Å². The van der Waals surface area contributed by atoms with Crippen molar-refractivity contribution in [2.24, 2.45) is 4.99 Å². The van der Waals surface area contributed by atoms with Gasteiger partial charge in [-0.05, 0) is 93.8 Å². The predicted molar refractivity (Wildman–Crippen MR) is 114 cm³/mol. The van der Waals surface area contributed by atoms with Crippen LogP contribution in [0, 0.1) is 3.57 Å². The molecule has 0 amide bonds. The quantitative estimate of drug-likeness (QED) is 0.291. The van der Waals surface area contributed by atoms with E-state index in [1.807, 2.05) is 49.4 Å². The third-order valence-electron chi connectivity index (χ3n) is 3.88. The highest BCUT2D eigenvalue weighted by molar-refractivity contribution is 14.1. The van der Waals surface area contributed by atoms with E-state index in [1.54, 1.807) is 6.08 Å². The summed E-state index contributed by atoms with van der Waals surface area (Å²) in [5, 5.41) is 0. The highest BCUT2D eigenvalue weighted by Crippen LogP contribution is 2.25. The van der Waals surface area contributed by atoms with Crippen LogP contribution in [0.1, 0.15) is 31.4 Å². The summed E-state index contributed by atoms with van der Waals surface area (Å²) in [5.74, 6) is 0.674. The third kappa shape index (κ3) is 4.54. The van der Waals surface area contributed by atoms with E-state index in [0.29, 0.717) is 5.90 Å². The number of rotatable bonds is 5. The molecule has 1 aliphatic heterocycles. The fourth-order valence-electron chi connectivity index (χ4n) is 2.28. The van der Waals surface area contributed by atoms with Gasteiger partial charge in [-0.3, -0.25) is 0 Å². The molecule has 26 heavy (non-hydrogen) atoms. The average Bonchev–Trinajstić information content (AvgIpc) is 2.99. The molecule has 1 unspecified atom stereocenters. The molecule has 0 radical (unpaired) electrons. The van der Waals surface area contributed by atoms with Crippen LogP contribution in [0.2, 0.25) is 0 Å². The molecule has 3 rings (SSSR count). The van der Waals surface area contributed by atoms with Gasteiger partial charge in [0.25, 0.3) is 0 Å². The molecular weight excluding hydrogens is 509 g/mol. The smallest absolute Gasteiger partial charge is 0.363 e. The predicted octanol–water partition coefficient (Wildman–Crippen LogP) is 5.58. The van der Waals surface area contributed by atoms with Crippen LogP contribution in [0.5, 0.6) is 5.75 Å². The SMILES string of the molecule is CCC(C)Oc1ccc(/C=C2\N=C(c3ccc(I)c(Br)c3)OC2=O)cc1. The van der Waals surface area contributed by atoms with E-state index in [-0.39, 0.29) is 11.8 Å². The maximum absolute atomic E-state index is 12.1. The molecule has 6 heteroatoms. The van der Waals surface area contributed by atoms with Crippen molar-refractivity contribution in [2.75, 3.05) is 0 Å². The first kappa shape index (κ1) is 19.1. The van der Waals surface area contributed by atoms with Gasteiger partial charge in [-0.15, -0.1) is 0 Å². The van der Waals surface area contributed by atoms with Gasteiger partial charge >= 0.3 is 5.97 Å². The standard InChI is InChI=1S/C20H17BrINO3/c1-3-12(2)25-15-7-4-13(5-8-15)10-18-20(24)26-19(23-18)14-6-9-17(22)16(21)11-14/h4-12H,3H2,1-2H3/b18-10-.